The van der Waals surface area contributed by atoms with Gasteiger partial charge in [0.05, 0.1) is 13.2 Å². The number of fused-ring (bicyclic) bond motifs is 1. The molecule has 0 unspecified atom stereocenters. The molecule has 0 aliphatic carbocycles. The molecule has 0 aromatic heterocycles. The number of amides is 1. The van der Waals surface area contributed by atoms with E-state index >= 15 is 0 Å². The van der Waals surface area contributed by atoms with Crippen LogP contribution in [-0.4, -0.2) is 55.0 Å². The fraction of sp³-hybridized carbons (Fsp3) is 0.417. The van der Waals surface area contributed by atoms with Gasteiger partial charge in [-0.05, 0) is 5.56 Å². The first-order valence-electron chi connectivity index (χ1n) is 10.7. The number of ether oxygens (including phenoxy) is 5. The summed E-state index contributed by atoms with van der Waals surface area (Å²) in [6, 6.07) is 18.2. The predicted molar refractivity (Wildman–Crippen MR) is 118 cm³/mol. The van der Waals surface area contributed by atoms with Crippen LogP contribution in [0.3, 0.4) is 0 Å². The molecule has 9 heteroatoms. The van der Waals surface area contributed by atoms with Crippen molar-refractivity contribution in [2.75, 3.05) is 12.5 Å². The molecule has 2 aliphatic rings. The van der Waals surface area contributed by atoms with Gasteiger partial charge in [-0.1, -0.05) is 60.7 Å². The lowest BCUT2D eigenvalue weighted by atomic mass is 9.95. The van der Waals surface area contributed by atoms with Gasteiger partial charge in [-0.25, -0.2) is 0 Å². The molecule has 2 aromatic carbocycles. The van der Waals surface area contributed by atoms with E-state index in [4.69, 9.17) is 35.3 Å². The van der Waals surface area contributed by atoms with Crippen molar-refractivity contribution in [3.8, 4) is 0 Å². The van der Waals surface area contributed by atoms with Crippen molar-refractivity contribution in [1.82, 2.24) is 5.32 Å². The van der Waals surface area contributed by atoms with E-state index in [9.17, 15) is 9.59 Å². The second-order valence-corrected chi connectivity index (χ2v) is 8.10. The van der Waals surface area contributed by atoms with Gasteiger partial charge in [-0.15, -0.1) is 11.6 Å². The zero-order valence-electron chi connectivity index (χ0n) is 18.1. The fourth-order valence-corrected chi connectivity index (χ4v) is 4.02. The standard InChI is InChI=1S/C24H26ClNO7/c1-15(27)26-20-22(32-19(28)12-25)21-18(14-30-23(33-21)17-10-6-3-7-11-17)31-24(20)29-13-16-8-4-2-5-9-16/h2-11,18,20-24H,12-14H2,1H3,(H,26,27)/t18-,20+,21-,22+,23+,24-/m1/s1. The molecule has 0 bridgehead atoms. The number of alkyl halides is 1. The van der Waals surface area contributed by atoms with E-state index in [-0.39, 0.29) is 25.0 Å². The van der Waals surface area contributed by atoms with Crippen LogP contribution in [0.2, 0.25) is 0 Å². The van der Waals surface area contributed by atoms with Crippen LogP contribution in [0.1, 0.15) is 24.3 Å². The molecule has 8 nitrogen and oxygen atoms in total. The Bertz CT molecular complexity index is 929. The zero-order chi connectivity index (χ0) is 23.2. The molecule has 1 N–H and O–H groups in total. The van der Waals surface area contributed by atoms with Gasteiger partial charge in [0.15, 0.2) is 18.7 Å². The summed E-state index contributed by atoms with van der Waals surface area (Å²) in [7, 11) is 0. The Kier molecular flexibility index (Phi) is 7.95. The van der Waals surface area contributed by atoms with Crippen LogP contribution in [0.25, 0.3) is 0 Å². The van der Waals surface area contributed by atoms with Crippen molar-refractivity contribution in [2.24, 2.45) is 0 Å². The molecule has 2 fully saturated rings. The lowest BCUT2D eigenvalue weighted by Crippen LogP contribution is -2.67. The molecule has 2 saturated heterocycles. The summed E-state index contributed by atoms with van der Waals surface area (Å²) in [6.45, 7) is 1.80. The summed E-state index contributed by atoms with van der Waals surface area (Å²) in [4.78, 5) is 24.2. The molecule has 2 heterocycles. The van der Waals surface area contributed by atoms with E-state index in [0.717, 1.165) is 11.1 Å². The highest BCUT2D eigenvalue weighted by Crippen LogP contribution is 2.36. The summed E-state index contributed by atoms with van der Waals surface area (Å²) < 4.78 is 29.9. The summed E-state index contributed by atoms with van der Waals surface area (Å²) in [6.07, 6.45) is -3.75. The van der Waals surface area contributed by atoms with Crippen LogP contribution in [0, 0.1) is 0 Å². The Hall–Kier alpha value is -2.49. The minimum atomic E-state index is -0.899. The Morgan fingerprint density at radius 1 is 1.06 bits per heavy atom. The first kappa shape index (κ1) is 23.7. The van der Waals surface area contributed by atoms with Crippen LogP contribution in [0.15, 0.2) is 60.7 Å². The van der Waals surface area contributed by atoms with Gasteiger partial charge in [0, 0.05) is 12.5 Å². The molecule has 0 radical (unpaired) electrons. The summed E-state index contributed by atoms with van der Waals surface area (Å²) in [5.74, 6) is -1.30. The summed E-state index contributed by atoms with van der Waals surface area (Å²) >= 11 is 5.71. The van der Waals surface area contributed by atoms with Crippen molar-refractivity contribution >= 4 is 23.5 Å². The minimum absolute atomic E-state index is 0.192. The number of hydrogen-bond donors (Lipinski definition) is 1. The monoisotopic (exact) mass is 475 g/mol. The molecule has 0 spiro atoms. The molecule has 2 aromatic rings. The maximum absolute atomic E-state index is 12.2. The summed E-state index contributed by atoms with van der Waals surface area (Å²) in [5.41, 5.74) is 1.75. The van der Waals surface area contributed by atoms with Gasteiger partial charge in [0.2, 0.25) is 5.91 Å². The van der Waals surface area contributed by atoms with Crippen molar-refractivity contribution in [3.05, 3.63) is 71.8 Å². The van der Waals surface area contributed by atoms with Crippen molar-refractivity contribution in [2.45, 2.75) is 50.5 Å². The lowest BCUT2D eigenvalue weighted by Gasteiger charge is -2.48. The van der Waals surface area contributed by atoms with Gasteiger partial charge in [0.1, 0.15) is 24.1 Å². The van der Waals surface area contributed by atoms with Crippen molar-refractivity contribution in [3.63, 3.8) is 0 Å². The third-order valence-electron chi connectivity index (χ3n) is 5.41. The average Bonchev–Trinajstić information content (AvgIpc) is 2.84. The first-order chi connectivity index (χ1) is 16.0. The average molecular weight is 476 g/mol. The van der Waals surface area contributed by atoms with Gasteiger partial charge >= 0.3 is 5.97 Å². The molecule has 6 atom stereocenters. The highest BCUT2D eigenvalue weighted by atomic mass is 35.5. The summed E-state index contributed by atoms with van der Waals surface area (Å²) in [5, 5.41) is 2.81. The largest absolute Gasteiger partial charge is 0.456 e. The van der Waals surface area contributed by atoms with E-state index < -0.39 is 42.9 Å². The SMILES string of the molecule is CC(=O)N[C@@H]1[C@H](OCc2ccccc2)O[C@@H]2CO[C@H](c3ccccc3)O[C@H]2[C@H]1OC(=O)CCl. The van der Waals surface area contributed by atoms with Crippen molar-refractivity contribution in [1.29, 1.82) is 0 Å². The molecular formula is C24H26ClNO7. The van der Waals surface area contributed by atoms with Gasteiger partial charge < -0.3 is 29.0 Å². The van der Waals surface area contributed by atoms with E-state index in [1.807, 2.05) is 60.7 Å². The molecule has 0 saturated carbocycles. The maximum atomic E-state index is 12.2. The number of nitrogens with one attached hydrogen (secondary N) is 1. The van der Waals surface area contributed by atoms with Crippen LogP contribution in [0.4, 0.5) is 0 Å². The highest BCUT2D eigenvalue weighted by Gasteiger charge is 2.52. The number of carbonyl (C=O) groups excluding carboxylic acids is 2. The second-order valence-electron chi connectivity index (χ2n) is 7.83. The molecule has 176 valence electrons. The number of esters is 1. The van der Waals surface area contributed by atoms with E-state index in [1.54, 1.807) is 0 Å². The third kappa shape index (κ3) is 5.90. The Morgan fingerprint density at radius 2 is 1.76 bits per heavy atom. The third-order valence-corrected chi connectivity index (χ3v) is 5.63. The lowest BCUT2D eigenvalue weighted by molar-refractivity contribution is -0.346. The highest BCUT2D eigenvalue weighted by molar-refractivity contribution is 6.26. The molecular weight excluding hydrogens is 450 g/mol. The number of rotatable bonds is 7. The van der Waals surface area contributed by atoms with Crippen molar-refractivity contribution < 1.29 is 33.3 Å². The number of carbonyl (C=O) groups is 2. The normalized spacial score (nSPS) is 29.0. The fourth-order valence-electron chi connectivity index (χ4n) is 3.96. The Labute approximate surface area is 197 Å². The topological polar surface area (TPSA) is 92.3 Å². The van der Waals surface area contributed by atoms with Gasteiger partial charge in [-0.3, -0.25) is 9.59 Å². The molecule has 4 rings (SSSR count). The smallest absolute Gasteiger partial charge is 0.321 e. The molecule has 33 heavy (non-hydrogen) atoms. The van der Waals surface area contributed by atoms with E-state index in [1.165, 1.54) is 6.92 Å². The quantitative estimate of drug-likeness (QED) is 0.486. The van der Waals surface area contributed by atoms with Crippen LogP contribution in [-0.2, 0) is 39.9 Å². The van der Waals surface area contributed by atoms with E-state index in [2.05, 4.69) is 5.32 Å². The van der Waals surface area contributed by atoms with Gasteiger partial charge in [-0.2, -0.15) is 0 Å². The Morgan fingerprint density at radius 3 is 2.42 bits per heavy atom. The van der Waals surface area contributed by atoms with E-state index in [0.29, 0.717) is 0 Å². The second kappa shape index (κ2) is 11.1. The molecule has 2 aliphatic heterocycles. The minimum Gasteiger partial charge on any atom is -0.456 e. The van der Waals surface area contributed by atoms with Crippen LogP contribution in [0.5, 0.6) is 0 Å². The van der Waals surface area contributed by atoms with Gasteiger partial charge in [0.25, 0.3) is 0 Å². The number of hydrogen-bond acceptors (Lipinski definition) is 7. The zero-order valence-corrected chi connectivity index (χ0v) is 18.9. The number of benzene rings is 2. The number of halogens is 1. The first-order valence-corrected chi connectivity index (χ1v) is 11.2. The molecule has 1 amide bonds. The van der Waals surface area contributed by atoms with Crippen LogP contribution >= 0.6 is 11.6 Å². The van der Waals surface area contributed by atoms with Crippen LogP contribution < -0.4 is 5.32 Å². The predicted octanol–water partition coefficient (Wildman–Crippen LogP) is 2.70. The Balaban J connectivity index is 1.58. The maximum Gasteiger partial charge on any atom is 0.321 e.